The van der Waals surface area contributed by atoms with E-state index in [-0.39, 0.29) is 0 Å². The lowest BCUT2D eigenvalue weighted by molar-refractivity contribution is 0.200. The van der Waals surface area contributed by atoms with E-state index in [0.29, 0.717) is 5.56 Å². The minimum absolute atomic E-state index is 0.502. The van der Waals surface area contributed by atoms with Crippen molar-refractivity contribution in [3.63, 3.8) is 0 Å². The van der Waals surface area contributed by atoms with Gasteiger partial charge in [-0.25, -0.2) is 8.78 Å². The summed E-state index contributed by atoms with van der Waals surface area (Å²) in [5, 5.41) is 0. The molecule has 0 N–H and O–H groups in total. The van der Waals surface area contributed by atoms with Crippen molar-refractivity contribution in [3.8, 4) is 11.8 Å². The standard InChI is InChI=1S/C26H28F2/c1-2-3-4-18-7-12-23-21(15-18)10-11-22-16-19(8-13-24(22)23)5-6-20-9-14-25(27)26(28)17-20/h8-9,13-14,16-18,21,23H,2-4,7,10-12,15H2,1H3/t18-,21-,23+/m1/s1. The van der Waals surface area contributed by atoms with Crippen LogP contribution in [0.5, 0.6) is 0 Å². The van der Waals surface area contributed by atoms with Gasteiger partial charge < -0.3 is 0 Å². The second kappa shape index (κ2) is 8.48. The molecule has 0 heterocycles. The zero-order valence-corrected chi connectivity index (χ0v) is 16.6. The van der Waals surface area contributed by atoms with Crippen molar-refractivity contribution < 1.29 is 8.78 Å². The van der Waals surface area contributed by atoms with E-state index in [0.717, 1.165) is 41.9 Å². The van der Waals surface area contributed by atoms with Crippen LogP contribution in [0, 0.1) is 35.3 Å². The van der Waals surface area contributed by atoms with E-state index in [4.69, 9.17) is 0 Å². The molecule has 146 valence electrons. The number of aryl methyl sites for hydroxylation is 1. The molecule has 0 spiro atoms. The first-order valence-corrected chi connectivity index (χ1v) is 10.7. The lowest BCUT2D eigenvalue weighted by Gasteiger charge is -2.40. The van der Waals surface area contributed by atoms with E-state index in [1.807, 2.05) is 0 Å². The highest BCUT2D eigenvalue weighted by Crippen LogP contribution is 2.47. The third kappa shape index (κ3) is 4.14. The highest BCUT2D eigenvalue weighted by atomic mass is 19.2. The first-order valence-electron chi connectivity index (χ1n) is 10.7. The fraction of sp³-hybridized carbons (Fsp3) is 0.462. The van der Waals surface area contributed by atoms with Crippen molar-refractivity contribution in [3.05, 3.63) is 70.3 Å². The molecule has 0 aliphatic heterocycles. The molecule has 28 heavy (non-hydrogen) atoms. The van der Waals surface area contributed by atoms with Crippen molar-refractivity contribution in [2.24, 2.45) is 11.8 Å². The number of hydrogen-bond donors (Lipinski definition) is 0. The van der Waals surface area contributed by atoms with Crippen LogP contribution >= 0.6 is 0 Å². The predicted molar refractivity (Wildman–Crippen MR) is 110 cm³/mol. The monoisotopic (exact) mass is 378 g/mol. The summed E-state index contributed by atoms with van der Waals surface area (Å²) < 4.78 is 26.4. The summed E-state index contributed by atoms with van der Waals surface area (Å²) in [6, 6.07) is 10.4. The molecule has 0 amide bonds. The number of halogens is 2. The molecular weight excluding hydrogens is 350 g/mol. The highest BCUT2D eigenvalue weighted by Gasteiger charge is 2.34. The molecule has 1 fully saturated rings. The number of benzene rings is 2. The first kappa shape index (κ1) is 19.2. The van der Waals surface area contributed by atoms with Crippen molar-refractivity contribution in [2.45, 2.75) is 64.2 Å². The van der Waals surface area contributed by atoms with Gasteiger partial charge in [0, 0.05) is 11.1 Å². The average molecular weight is 379 g/mol. The minimum atomic E-state index is -0.849. The number of rotatable bonds is 3. The van der Waals surface area contributed by atoms with Crippen LogP contribution in [0.25, 0.3) is 0 Å². The Labute approximate surface area is 167 Å². The number of fused-ring (bicyclic) bond motifs is 3. The summed E-state index contributed by atoms with van der Waals surface area (Å²) >= 11 is 0. The lowest BCUT2D eigenvalue weighted by Crippen LogP contribution is -2.28. The molecule has 0 nitrogen and oxygen atoms in total. The molecule has 0 bridgehead atoms. The Morgan fingerprint density at radius 1 is 0.929 bits per heavy atom. The Morgan fingerprint density at radius 3 is 2.50 bits per heavy atom. The predicted octanol–water partition coefficient (Wildman–Crippen LogP) is 7.00. The molecule has 4 rings (SSSR count). The average Bonchev–Trinajstić information content (AvgIpc) is 2.72. The maximum atomic E-state index is 13.3. The van der Waals surface area contributed by atoms with E-state index >= 15 is 0 Å². The molecule has 2 aliphatic carbocycles. The van der Waals surface area contributed by atoms with Gasteiger partial charge in [0.05, 0.1) is 0 Å². The second-order valence-electron chi connectivity index (χ2n) is 8.52. The molecule has 2 aromatic rings. The van der Waals surface area contributed by atoms with E-state index in [1.54, 1.807) is 0 Å². The molecule has 3 atom stereocenters. The Bertz CT molecular complexity index is 902. The van der Waals surface area contributed by atoms with Crippen LogP contribution < -0.4 is 0 Å². The van der Waals surface area contributed by atoms with Crippen molar-refractivity contribution in [1.82, 2.24) is 0 Å². The zero-order chi connectivity index (χ0) is 19.5. The second-order valence-corrected chi connectivity index (χ2v) is 8.52. The molecular formula is C26H28F2. The fourth-order valence-corrected chi connectivity index (χ4v) is 5.17. The van der Waals surface area contributed by atoms with Gasteiger partial charge in [0.1, 0.15) is 0 Å². The van der Waals surface area contributed by atoms with Gasteiger partial charge in [-0.05, 0) is 91.3 Å². The molecule has 2 aliphatic rings. The molecule has 0 radical (unpaired) electrons. The Kier molecular flexibility index (Phi) is 5.81. The molecule has 1 saturated carbocycles. The van der Waals surface area contributed by atoms with Gasteiger partial charge in [-0.1, -0.05) is 44.1 Å². The van der Waals surface area contributed by atoms with E-state index < -0.39 is 11.6 Å². The Hall–Kier alpha value is -2.14. The van der Waals surface area contributed by atoms with Crippen LogP contribution in [0.2, 0.25) is 0 Å². The maximum Gasteiger partial charge on any atom is 0.160 e. The first-order chi connectivity index (χ1) is 13.6. The summed E-state index contributed by atoms with van der Waals surface area (Å²) in [4.78, 5) is 0. The van der Waals surface area contributed by atoms with Gasteiger partial charge in [0.25, 0.3) is 0 Å². The molecule has 0 unspecified atom stereocenters. The summed E-state index contributed by atoms with van der Waals surface area (Å²) in [6.07, 6.45) is 10.6. The zero-order valence-electron chi connectivity index (χ0n) is 16.6. The summed E-state index contributed by atoms with van der Waals surface area (Å²) in [7, 11) is 0. The topological polar surface area (TPSA) is 0 Å². The lowest BCUT2D eigenvalue weighted by atomic mass is 9.64. The normalized spacial score (nSPS) is 23.3. The summed E-state index contributed by atoms with van der Waals surface area (Å²) in [5.74, 6) is 6.90. The van der Waals surface area contributed by atoms with E-state index in [9.17, 15) is 8.78 Å². The van der Waals surface area contributed by atoms with Crippen LogP contribution in [0.1, 0.15) is 80.0 Å². The van der Waals surface area contributed by atoms with E-state index in [2.05, 4.69) is 37.0 Å². The van der Waals surface area contributed by atoms with Gasteiger partial charge >= 0.3 is 0 Å². The van der Waals surface area contributed by atoms with Crippen LogP contribution in [-0.2, 0) is 6.42 Å². The summed E-state index contributed by atoms with van der Waals surface area (Å²) in [6.45, 7) is 2.29. The largest absolute Gasteiger partial charge is 0.204 e. The van der Waals surface area contributed by atoms with Gasteiger partial charge in [0.15, 0.2) is 11.6 Å². The molecule has 2 heteroatoms. The van der Waals surface area contributed by atoms with Crippen LogP contribution in [0.4, 0.5) is 8.78 Å². The van der Waals surface area contributed by atoms with Crippen LogP contribution in [0.15, 0.2) is 36.4 Å². The van der Waals surface area contributed by atoms with Gasteiger partial charge in [-0.3, -0.25) is 0 Å². The van der Waals surface area contributed by atoms with Gasteiger partial charge in [0.2, 0.25) is 0 Å². The van der Waals surface area contributed by atoms with E-state index in [1.165, 1.54) is 62.1 Å². The quantitative estimate of drug-likeness (QED) is 0.504. The highest BCUT2D eigenvalue weighted by molar-refractivity contribution is 5.47. The fourth-order valence-electron chi connectivity index (χ4n) is 5.17. The van der Waals surface area contributed by atoms with Crippen molar-refractivity contribution in [1.29, 1.82) is 0 Å². The summed E-state index contributed by atoms with van der Waals surface area (Å²) in [5.41, 5.74) is 4.43. The molecule has 2 aromatic carbocycles. The smallest absolute Gasteiger partial charge is 0.160 e. The Balaban J connectivity index is 1.49. The maximum absolute atomic E-state index is 13.3. The molecule has 0 aromatic heterocycles. The van der Waals surface area contributed by atoms with Crippen LogP contribution in [-0.4, -0.2) is 0 Å². The third-order valence-corrected chi connectivity index (χ3v) is 6.65. The van der Waals surface area contributed by atoms with Crippen molar-refractivity contribution in [2.75, 3.05) is 0 Å². The Morgan fingerprint density at radius 2 is 1.71 bits per heavy atom. The van der Waals surface area contributed by atoms with Gasteiger partial charge in [-0.15, -0.1) is 0 Å². The SMILES string of the molecule is CCCC[C@@H]1CC[C@@H]2c3ccc(C#Cc4ccc(F)c(F)c4)cc3CC[C@@H]2C1. The third-order valence-electron chi connectivity index (χ3n) is 6.65. The number of hydrogen-bond acceptors (Lipinski definition) is 0. The molecule has 0 saturated heterocycles. The van der Waals surface area contributed by atoms with Crippen molar-refractivity contribution >= 4 is 0 Å². The van der Waals surface area contributed by atoms with Gasteiger partial charge in [-0.2, -0.15) is 0 Å². The van der Waals surface area contributed by atoms with Crippen LogP contribution in [0.3, 0.4) is 0 Å². The minimum Gasteiger partial charge on any atom is -0.204 e. The number of unbranched alkanes of at least 4 members (excludes halogenated alkanes) is 1.